The summed E-state index contributed by atoms with van der Waals surface area (Å²) in [5.74, 6) is 0.670. The molecule has 0 saturated carbocycles. The second kappa shape index (κ2) is 11.1. The lowest BCUT2D eigenvalue weighted by molar-refractivity contribution is -0.151. The molecular weight excluding hydrogens is 344 g/mol. The second-order valence-corrected chi connectivity index (χ2v) is 8.18. The van der Waals surface area contributed by atoms with Crippen molar-refractivity contribution in [2.75, 3.05) is 6.61 Å². The Kier molecular flexibility index (Phi) is 9.53. The van der Waals surface area contributed by atoms with Crippen LogP contribution in [0.15, 0.2) is 9.59 Å². The highest BCUT2D eigenvalue weighted by molar-refractivity contribution is 5.72. The molecule has 0 aliphatic carbocycles. The van der Waals surface area contributed by atoms with E-state index in [-0.39, 0.29) is 23.1 Å². The molecule has 0 spiro atoms. The zero-order chi connectivity index (χ0) is 20.6. The molecule has 1 heterocycles. The lowest BCUT2D eigenvalue weighted by atomic mass is 9.88. The van der Waals surface area contributed by atoms with E-state index in [1.807, 2.05) is 0 Å². The first kappa shape index (κ1) is 23.2. The minimum Gasteiger partial charge on any atom is -0.465 e. The van der Waals surface area contributed by atoms with Crippen molar-refractivity contribution >= 4 is 5.97 Å². The van der Waals surface area contributed by atoms with Crippen molar-refractivity contribution in [2.45, 2.75) is 80.2 Å². The summed E-state index contributed by atoms with van der Waals surface area (Å²) in [6, 6.07) is 0. The summed E-state index contributed by atoms with van der Waals surface area (Å²) in [6.07, 6.45) is 4.43. The number of nitrogens with one attached hydrogen (secondary N) is 1. The Balaban J connectivity index is 2.32. The number of aromatic nitrogens is 2. The lowest BCUT2D eigenvalue weighted by Crippen LogP contribution is -2.33. The summed E-state index contributed by atoms with van der Waals surface area (Å²) in [7, 11) is 0. The molecule has 0 aliphatic heterocycles. The van der Waals surface area contributed by atoms with E-state index in [2.05, 4.69) is 32.7 Å². The van der Waals surface area contributed by atoms with Gasteiger partial charge in [0.1, 0.15) is 0 Å². The molecule has 1 atom stereocenters. The molecule has 6 nitrogen and oxygen atoms in total. The molecule has 6 heteroatoms. The van der Waals surface area contributed by atoms with Crippen LogP contribution in [-0.4, -0.2) is 22.1 Å². The van der Waals surface area contributed by atoms with Crippen LogP contribution in [0.3, 0.4) is 0 Å². The number of hydrogen-bond donors (Lipinski definition) is 1. The second-order valence-electron chi connectivity index (χ2n) is 8.18. The van der Waals surface area contributed by atoms with Crippen LogP contribution in [0.5, 0.6) is 0 Å². The Morgan fingerprint density at radius 2 is 1.67 bits per heavy atom. The van der Waals surface area contributed by atoms with Gasteiger partial charge in [-0.3, -0.25) is 19.1 Å². The number of rotatable bonds is 11. The first-order chi connectivity index (χ1) is 12.6. The minimum atomic E-state index is -0.345. The zero-order valence-corrected chi connectivity index (χ0v) is 17.8. The molecule has 0 saturated heterocycles. The van der Waals surface area contributed by atoms with E-state index >= 15 is 0 Å². The molecular formula is C21H36N2O4. The summed E-state index contributed by atoms with van der Waals surface area (Å²) < 4.78 is 7.09. The molecule has 1 N–H and O–H groups in total. The molecule has 1 aromatic heterocycles. The number of unbranched alkanes of at least 4 members (excludes halogenated alkanes) is 3. The van der Waals surface area contributed by atoms with Gasteiger partial charge in [0.15, 0.2) is 0 Å². The van der Waals surface area contributed by atoms with Gasteiger partial charge in [0.2, 0.25) is 0 Å². The summed E-state index contributed by atoms with van der Waals surface area (Å²) in [5, 5.41) is 0. The molecule has 0 aromatic carbocycles. The smallest absolute Gasteiger partial charge is 0.328 e. The molecule has 1 rings (SSSR count). The highest BCUT2D eigenvalue weighted by Gasteiger charge is 2.24. The predicted molar refractivity (Wildman–Crippen MR) is 108 cm³/mol. The molecule has 0 radical (unpaired) electrons. The van der Waals surface area contributed by atoms with Crippen molar-refractivity contribution in [3.63, 3.8) is 0 Å². The molecule has 0 amide bonds. The monoisotopic (exact) mass is 380 g/mol. The van der Waals surface area contributed by atoms with Crippen LogP contribution >= 0.6 is 0 Å². The van der Waals surface area contributed by atoms with Crippen molar-refractivity contribution in [1.82, 2.24) is 9.55 Å². The van der Waals surface area contributed by atoms with Crippen LogP contribution < -0.4 is 11.2 Å². The third-order valence-corrected chi connectivity index (χ3v) is 5.11. The Labute approximate surface area is 162 Å². The average molecular weight is 381 g/mol. The van der Waals surface area contributed by atoms with Crippen LogP contribution in [0.25, 0.3) is 0 Å². The van der Waals surface area contributed by atoms with Gasteiger partial charge in [-0.05, 0) is 51.4 Å². The molecule has 0 aliphatic rings. The van der Waals surface area contributed by atoms with Crippen LogP contribution in [0.1, 0.15) is 71.1 Å². The van der Waals surface area contributed by atoms with Crippen LogP contribution in [0.4, 0.5) is 0 Å². The van der Waals surface area contributed by atoms with E-state index in [1.165, 1.54) is 0 Å². The summed E-state index contributed by atoms with van der Waals surface area (Å²) >= 11 is 0. The SMILES string of the molecule is Cc1c(C)n(CCCCCCOC(=O)C(CC(C)C)C(C)C)c(=O)[nH]c1=O. The van der Waals surface area contributed by atoms with Gasteiger partial charge in [0.25, 0.3) is 5.56 Å². The number of hydrogen-bond acceptors (Lipinski definition) is 4. The van der Waals surface area contributed by atoms with E-state index in [0.29, 0.717) is 30.6 Å². The van der Waals surface area contributed by atoms with E-state index in [1.54, 1.807) is 18.4 Å². The van der Waals surface area contributed by atoms with E-state index in [9.17, 15) is 14.4 Å². The fourth-order valence-corrected chi connectivity index (χ4v) is 3.20. The number of carbonyl (C=O) groups is 1. The van der Waals surface area contributed by atoms with Gasteiger partial charge in [-0.15, -0.1) is 0 Å². The van der Waals surface area contributed by atoms with Gasteiger partial charge in [-0.25, -0.2) is 4.79 Å². The third kappa shape index (κ3) is 7.35. The molecule has 0 fully saturated rings. The highest BCUT2D eigenvalue weighted by atomic mass is 16.5. The summed E-state index contributed by atoms with van der Waals surface area (Å²) in [4.78, 5) is 38.0. The van der Waals surface area contributed by atoms with Gasteiger partial charge >= 0.3 is 11.7 Å². The number of H-pyrrole nitrogens is 1. The normalized spacial score (nSPS) is 12.6. The first-order valence-corrected chi connectivity index (χ1v) is 10.1. The zero-order valence-electron chi connectivity index (χ0n) is 17.8. The maximum absolute atomic E-state index is 12.2. The number of esters is 1. The van der Waals surface area contributed by atoms with Crippen molar-refractivity contribution < 1.29 is 9.53 Å². The Morgan fingerprint density at radius 3 is 2.26 bits per heavy atom. The van der Waals surface area contributed by atoms with Crippen molar-refractivity contribution in [1.29, 1.82) is 0 Å². The van der Waals surface area contributed by atoms with E-state index in [4.69, 9.17) is 4.74 Å². The maximum Gasteiger partial charge on any atom is 0.328 e. The third-order valence-electron chi connectivity index (χ3n) is 5.11. The number of nitrogens with zero attached hydrogens (tertiary/aromatic N) is 1. The lowest BCUT2D eigenvalue weighted by Gasteiger charge is -2.21. The predicted octanol–water partition coefficient (Wildman–Crippen LogP) is 3.58. The fraction of sp³-hybridized carbons (Fsp3) is 0.762. The van der Waals surface area contributed by atoms with E-state index < -0.39 is 0 Å². The molecule has 154 valence electrons. The number of ether oxygens (including phenoxy) is 1. The van der Waals surface area contributed by atoms with Gasteiger partial charge in [-0.1, -0.05) is 34.1 Å². The minimum absolute atomic E-state index is 0.0247. The molecule has 0 bridgehead atoms. The topological polar surface area (TPSA) is 81.2 Å². The fourth-order valence-electron chi connectivity index (χ4n) is 3.20. The molecule has 1 aromatic rings. The Hall–Kier alpha value is -1.85. The number of aromatic amines is 1. The van der Waals surface area contributed by atoms with Crippen LogP contribution in [0, 0.1) is 31.6 Å². The van der Waals surface area contributed by atoms with Gasteiger partial charge in [0, 0.05) is 17.8 Å². The van der Waals surface area contributed by atoms with Crippen molar-refractivity contribution in [3.8, 4) is 0 Å². The summed E-state index contributed by atoms with van der Waals surface area (Å²) in [5.41, 5.74) is 0.653. The van der Waals surface area contributed by atoms with Crippen LogP contribution in [0.2, 0.25) is 0 Å². The average Bonchev–Trinajstić information content (AvgIpc) is 2.58. The maximum atomic E-state index is 12.2. The van der Waals surface area contributed by atoms with Crippen LogP contribution in [-0.2, 0) is 16.1 Å². The highest BCUT2D eigenvalue weighted by Crippen LogP contribution is 2.21. The number of carbonyl (C=O) groups excluding carboxylic acids is 1. The Morgan fingerprint density at radius 1 is 1.04 bits per heavy atom. The molecule has 27 heavy (non-hydrogen) atoms. The van der Waals surface area contributed by atoms with Gasteiger partial charge in [0.05, 0.1) is 12.5 Å². The van der Waals surface area contributed by atoms with Gasteiger partial charge < -0.3 is 4.74 Å². The van der Waals surface area contributed by atoms with Crippen molar-refractivity contribution in [2.24, 2.45) is 17.8 Å². The first-order valence-electron chi connectivity index (χ1n) is 10.1. The summed E-state index contributed by atoms with van der Waals surface area (Å²) in [6.45, 7) is 12.9. The largest absolute Gasteiger partial charge is 0.465 e. The van der Waals surface area contributed by atoms with Gasteiger partial charge in [-0.2, -0.15) is 0 Å². The molecule has 1 unspecified atom stereocenters. The van der Waals surface area contributed by atoms with E-state index in [0.717, 1.165) is 37.8 Å². The van der Waals surface area contributed by atoms with Crippen molar-refractivity contribution in [3.05, 3.63) is 32.1 Å². The Bertz CT molecular complexity index is 716. The standard InChI is InChI=1S/C21H36N2O4/c1-14(2)13-18(15(3)4)20(25)27-12-10-8-7-9-11-23-17(6)16(5)19(24)22-21(23)26/h14-15,18H,7-13H2,1-6H3,(H,22,24,26). The quantitative estimate of drug-likeness (QED) is 0.470.